The lowest BCUT2D eigenvalue weighted by atomic mass is 10.2. The predicted molar refractivity (Wildman–Crippen MR) is 60.5 cm³/mol. The van der Waals surface area contributed by atoms with Crippen LogP contribution in [0.4, 0.5) is 0 Å². The zero-order valence-electron chi connectivity index (χ0n) is 9.09. The number of hydrogen-bond acceptors (Lipinski definition) is 3. The summed E-state index contributed by atoms with van der Waals surface area (Å²) in [5.74, 6) is -0.617. The van der Waals surface area contributed by atoms with Gasteiger partial charge in [-0.05, 0) is 12.5 Å². The highest BCUT2D eigenvalue weighted by atomic mass is 35.5. The van der Waals surface area contributed by atoms with Gasteiger partial charge in [0.25, 0.3) is 11.5 Å². The third-order valence-corrected chi connectivity index (χ3v) is 2.35. The molecule has 16 heavy (non-hydrogen) atoms. The highest BCUT2D eigenvalue weighted by Gasteiger charge is 2.13. The van der Waals surface area contributed by atoms with Crippen LogP contribution in [-0.4, -0.2) is 18.0 Å². The van der Waals surface area contributed by atoms with Gasteiger partial charge in [-0.15, -0.1) is 0 Å². The lowest BCUT2D eigenvalue weighted by Crippen LogP contribution is -2.29. The SMILES string of the molecule is CCCc1[nH]c(=O)c(C(=O)NOC)cc1Cl. The van der Waals surface area contributed by atoms with Gasteiger partial charge in [-0.25, -0.2) is 5.48 Å². The molecule has 0 bridgehead atoms. The fourth-order valence-corrected chi connectivity index (χ4v) is 1.54. The fraction of sp³-hybridized carbons (Fsp3) is 0.400. The van der Waals surface area contributed by atoms with Gasteiger partial charge in [0.05, 0.1) is 12.1 Å². The highest BCUT2D eigenvalue weighted by molar-refractivity contribution is 6.31. The van der Waals surface area contributed by atoms with E-state index in [-0.39, 0.29) is 5.56 Å². The number of halogens is 1. The van der Waals surface area contributed by atoms with Crippen molar-refractivity contribution in [2.45, 2.75) is 19.8 Å². The molecule has 0 unspecified atom stereocenters. The van der Waals surface area contributed by atoms with E-state index in [0.717, 1.165) is 6.42 Å². The number of aryl methyl sites for hydroxylation is 1. The first kappa shape index (κ1) is 12.7. The molecule has 2 N–H and O–H groups in total. The van der Waals surface area contributed by atoms with E-state index in [2.05, 4.69) is 15.3 Å². The monoisotopic (exact) mass is 244 g/mol. The number of pyridine rings is 1. The molecule has 0 aliphatic heterocycles. The lowest BCUT2D eigenvalue weighted by molar-refractivity contribution is 0.0536. The van der Waals surface area contributed by atoms with Crippen molar-refractivity contribution < 1.29 is 9.63 Å². The Morgan fingerprint density at radius 2 is 2.31 bits per heavy atom. The molecule has 0 saturated heterocycles. The summed E-state index contributed by atoms with van der Waals surface area (Å²) >= 11 is 5.93. The summed E-state index contributed by atoms with van der Waals surface area (Å²) in [6, 6.07) is 1.35. The second kappa shape index (κ2) is 5.67. The Hall–Kier alpha value is -1.33. The molecule has 6 heteroatoms. The zero-order valence-corrected chi connectivity index (χ0v) is 9.85. The van der Waals surface area contributed by atoms with Crippen molar-refractivity contribution in [2.24, 2.45) is 0 Å². The molecule has 1 aromatic rings. The first-order chi connectivity index (χ1) is 7.60. The summed E-state index contributed by atoms with van der Waals surface area (Å²) in [4.78, 5) is 29.9. The molecule has 1 heterocycles. The van der Waals surface area contributed by atoms with Gasteiger partial charge in [-0.2, -0.15) is 0 Å². The van der Waals surface area contributed by atoms with Crippen LogP contribution < -0.4 is 11.0 Å². The van der Waals surface area contributed by atoms with Crippen molar-refractivity contribution in [1.82, 2.24) is 10.5 Å². The minimum atomic E-state index is -0.617. The maximum Gasteiger partial charge on any atom is 0.280 e. The molecule has 0 saturated carbocycles. The van der Waals surface area contributed by atoms with Gasteiger partial charge in [0.1, 0.15) is 5.56 Å². The van der Waals surface area contributed by atoms with Crippen LogP contribution in [0.2, 0.25) is 5.02 Å². The van der Waals surface area contributed by atoms with Gasteiger partial charge in [0.2, 0.25) is 0 Å². The van der Waals surface area contributed by atoms with Crippen molar-refractivity contribution >= 4 is 17.5 Å². The van der Waals surface area contributed by atoms with E-state index in [1.807, 2.05) is 6.92 Å². The van der Waals surface area contributed by atoms with Crippen LogP contribution in [0.5, 0.6) is 0 Å². The van der Waals surface area contributed by atoms with Crippen molar-refractivity contribution in [1.29, 1.82) is 0 Å². The number of aromatic nitrogens is 1. The molecular weight excluding hydrogens is 232 g/mol. The van der Waals surface area contributed by atoms with Crippen LogP contribution in [0.25, 0.3) is 0 Å². The van der Waals surface area contributed by atoms with Gasteiger partial charge >= 0.3 is 0 Å². The number of carbonyl (C=O) groups is 1. The number of hydroxylamine groups is 1. The molecule has 0 atom stereocenters. The molecule has 1 amide bonds. The van der Waals surface area contributed by atoms with Crippen molar-refractivity contribution in [3.05, 3.63) is 32.7 Å². The van der Waals surface area contributed by atoms with Gasteiger partial charge in [0.15, 0.2) is 0 Å². The van der Waals surface area contributed by atoms with Gasteiger partial charge in [0, 0.05) is 5.69 Å². The van der Waals surface area contributed by atoms with Crippen LogP contribution in [0.1, 0.15) is 29.4 Å². The summed E-state index contributed by atoms with van der Waals surface area (Å²) in [6.45, 7) is 1.97. The van der Waals surface area contributed by atoms with E-state index < -0.39 is 11.5 Å². The smallest absolute Gasteiger partial charge is 0.280 e. The third-order valence-electron chi connectivity index (χ3n) is 2.01. The minimum absolute atomic E-state index is 0.0632. The summed E-state index contributed by atoms with van der Waals surface area (Å²) in [5, 5.41) is 0.378. The molecule has 0 aliphatic rings. The largest absolute Gasteiger partial charge is 0.324 e. The lowest BCUT2D eigenvalue weighted by Gasteiger charge is -2.05. The predicted octanol–water partition coefficient (Wildman–Crippen LogP) is 1.27. The maximum absolute atomic E-state index is 11.6. The van der Waals surface area contributed by atoms with Gasteiger partial charge < -0.3 is 4.98 Å². The Balaban J connectivity index is 3.10. The summed E-state index contributed by atoms with van der Waals surface area (Å²) in [5.41, 5.74) is 2.17. The molecule has 1 rings (SSSR count). The molecular formula is C10H13ClN2O3. The van der Waals surface area contributed by atoms with Crippen LogP contribution in [0.15, 0.2) is 10.9 Å². The number of hydrogen-bond donors (Lipinski definition) is 2. The van der Waals surface area contributed by atoms with E-state index in [1.165, 1.54) is 13.2 Å². The zero-order chi connectivity index (χ0) is 12.1. The first-order valence-corrected chi connectivity index (χ1v) is 5.23. The van der Waals surface area contributed by atoms with Crippen molar-refractivity contribution in [3.63, 3.8) is 0 Å². The van der Waals surface area contributed by atoms with E-state index >= 15 is 0 Å². The Labute approximate surface area is 97.7 Å². The Bertz CT molecular complexity index is 442. The van der Waals surface area contributed by atoms with Crippen LogP contribution >= 0.6 is 11.6 Å². The fourth-order valence-electron chi connectivity index (χ4n) is 1.29. The first-order valence-electron chi connectivity index (χ1n) is 4.85. The number of aromatic amines is 1. The van der Waals surface area contributed by atoms with E-state index in [1.54, 1.807) is 0 Å². The minimum Gasteiger partial charge on any atom is -0.324 e. The molecule has 0 spiro atoms. The Morgan fingerprint density at radius 3 is 2.88 bits per heavy atom. The number of carbonyl (C=O) groups excluding carboxylic acids is 1. The Kier molecular flexibility index (Phi) is 4.52. The summed E-state index contributed by atoms with van der Waals surface area (Å²) < 4.78 is 0. The van der Waals surface area contributed by atoms with Crippen LogP contribution in [0.3, 0.4) is 0 Å². The normalized spacial score (nSPS) is 10.2. The topological polar surface area (TPSA) is 71.2 Å². The number of amides is 1. The van der Waals surface area contributed by atoms with Gasteiger partial charge in [-0.1, -0.05) is 24.9 Å². The average Bonchev–Trinajstić information content (AvgIpc) is 2.23. The summed E-state index contributed by atoms with van der Waals surface area (Å²) in [6.07, 6.45) is 1.53. The van der Waals surface area contributed by atoms with E-state index in [4.69, 9.17) is 11.6 Å². The number of H-pyrrole nitrogens is 1. The number of nitrogens with one attached hydrogen (secondary N) is 2. The molecule has 0 fully saturated rings. The molecule has 0 aromatic carbocycles. The van der Waals surface area contributed by atoms with E-state index in [9.17, 15) is 9.59 Å². The molecule has 0 radical (unpaired) electrons. The van der Waals surface area contributed by atoms with Gasteiger partial charge in [-0.3, -0.25) is 14.4 Å². The summed E-state index contributed by atoms with van der Waals surface area (Å²) in [7, 11) is 1.29. The Morgan fingerprint density at radius 1 is 1.62 bits per heavy atom. The standard InChI is InChI=1S/C10H13ClN2O3/c1-3-4-8-7(11)5-6(9(14)12-8)10(15)13-16-2/h5H,3-4H2,1-2H3,(H,12,14)(H,13,15). The third kappa shape index (κ3) is 2.84. The number of rotatable bonds is 4. The quantitative estimate of drug-likeness (QED) is 0.784. The van der Waals surface area contributed by atoms with Crippen molar-refractivity contribution in [2.75, 3.05) is 7.11 Å². The van der Waals surface area contributed by atoms with Crippen LogP contribution in [0, 0.1) is 0 Å². The molecule has 1 aromatic heterocycles. The maximum atomic E-state index is 11.6. The van der Waals surface area contributed by atoms with E-state index in [0.29, 0.717) is 17.1 Å². The van der Waals surface area contributed by atoms with Crippen molar-refractivity contribution in [3.8, 4) is 0 Å². The second-order valence-electron chi connectivity index (χ2n) is 3.22. The molecule has 5 nitrogen and oxygen atoms in total. The highest BCUT2D eigenvalue weighted by Crippen LogP contribution is 2.14. The second-order valence-corrected chi connectivity index (χ2v) is 3.63. The molecule has 88 valence electrons. The molecule has 0 aliphatic carbocycles. The average molecular weight is 245 g/mol. The van der Waals surface area contributed by atoms with Crippen LogP contribution in [-0.2, 0) is 11.3 Å².